The maximum absolute atomic E-state index is 5.66. The van der Waals surface area contributed by atoms with Gasteiger partial charge in [-0.05, 0) is 43.7 Å². The summed E-state index contributed by atoms with van der Waals surface area (Å²) in [5.74, 6) is 2.61. The Morgan fingerprint density at radius 1 is 1.22 bits per heavy atom. The third-order valence-corrected chi connectivity index (χ3v) is 3.56. The van der Waals surface area contributed by atoms with Crippen LogP contribution in [0.2, 0.25) is 0 Å². The average Bonchev–Trinajstić information content (AvgIpc) is 3.17. The van der Waals surface area contributed by atoms with Crippen molar-refractivity contribution < 1.29 is 9.15 Å². The van der Waals surface area contributed by atoms with E-state index in [1.54, 1.807) is 0 Å². The first-order valence-corrected chi connectivity index (χ1v) is 7.77. The molecule has 0 saturated heterocycles. The fraction of sp³-hybridized carbons (Fsp3) is 0.278. The average molecular weight is 311 g/mol. The van der Waals surface area contributed by atoms with Crippen LogP contribution in [-0.4, -0.2) is 16.8 Å². The summed E-state index contributed by atoms with van der Waals surface area (Å²) >= 11 is 0. The van der Waals surface area contributed by atoms with Crippen LogP contribution < -0.4 is 10.1 Å². The van der Waals surface area contributed by atoms with Gasteiger partial charge in [-0.1, -0.05) is 12.1 Å². The van der Waals surface area contributed by atoms with Gasteiger partial charge in [0.15, 0.2) is 5.76 Å². The molecule has 5 nitrogen and oxygen atoms in total. The minimum atomic E-state index is 0.678. The molecule has 0 fully saturated rings. The molecule has 120 valence electrons. The van der Waals surface area contributed by atoms with E-state index in [1.807, 2.05) is 44.3 Å². The van der Waals surface area contributed by atoms with Crippen LogP contribution in [0.25, 0.3) is 11.5 Å². The molecule has 2 aromatic heterocycles. The molecule has 0 aliphatic carbocycles. The first-order valence-electron chi connectivity index (χ1n) is 7.77. The molecule has 5 heteroatoms. The lowest BCUT2D eigenvalue weighted by atomic mass is 10.2. The predicted octanol–water partition coefficient (Wildman–Crippen LogP) is 3.67. The number of aromatic amines is 1. The maximum atomic E-state index is 5.66. The number of benzene rings is 1. The first kappa shape index (κ1) is 15.4. The van der Waals surface area contributed by atoms with E-state index in [-0.39, 0.29) is 0 Å². The molecule has 0 aliphatic rings. The van der Waals surface area contributed by atoms with Crippen molar-refractivity contribution in [1.82, 2.24) is 15.5 Å². The lowest BCUT2D eigenvalue weighted by Gasteiger charge is -2.07. The van der Waals surface area contributed by atoms with Crippen LogP contribution in [0.4, 0.5) is 0 Å². The van der Waals surface area contributed by atoms with E-state index in [9.17, 15) is 0 Å². The molecule has 0 amide bonds. The minimum Gasteiger partial charge on any atom is -0.494 e. The van der Waals surface area contributed by atoms with E-state index in [0.717, 1.165) is 35.1 Å². The number of ether oxygens (including phenoxy) is 1. The maximum Gasteiger partial charge on any atom is 0.152 e. The van der Waals surface area contributed by atoms with E-state index in [4.69, 9.17) is 9.15 Å². The number of furan rings is 1. The molecule has 0 saturated carbocycles. The molecule has 0 aliphatic heterocycles. The molecule has 23 heavy (non-hydrogen) atoms. The summed E-state index contributed by atoms with van der Waals surface area (Å²) in [5, 5.41) is 10.6. The number of hydrogen-bond donors (Lipinski definition) is 2. The zero-order valence-electron chi connectivity index (χ0n) is 13.4. The van der Waals surface area contributed by atoms with E-state index >= 15 is 0 Å². The number of aromatic nitrogens is 2. The van der Waals surface area contributed by atoms with Gasteiger partial charge < -0.3 is 14.5 Å². The molecule has 0 bridgehead atoms. The van der Waals surface area contributed by atoms with Crippen molar-refractivity contribution in [3.63, 3.8) is 0 Å². The summed E-state index contributed by atoms with van der Waals surface area (Å²) in [6.45, 7) is 6.08. The second-order valence-corrected chi connectivity index (χ2v) is 5.36. The largest absolute Gasteiger partial charge is 0.494 e. The van der Waals surface area contributed by atoms with Gasteiger partial charge in [0, 0.05) is 18.7 Å². The number of nitrogens with zero attached hydrogens (tertiary/aromatic N) is 1. The van der Waals surface area contributed by atoms with Crippen molar-refractivity contribution in [2.45, 2.75) is 26.9 Å². The fourth-order valence-electron chi connectivity index (χ4n) is 2.48. The number of H-pyrrole nitrogens is 1. The van der Waals surface area contributed by atoms with Gasteiger partial charge in [-0.2, -0.15) is 5.10 Å². The SMILES string of the molecule is CCOc1cccc(CNCc2cn[nH]c2-c2ccc(C)o2)c1. The summed E-state index contributed by atoms with van der Waals surface area (Å²) < 4.78 is 11.2. The monoisotopic (exact) mass is 311 g/mol. The molecular weight excluding hydrogens is 290 g/mol. The third kappa shape index (κ3) is 3.81. The van der Waals surface area contributed by atoms with Crippen molar-refractivity contribution in [3.8, 4) is 17.2 Å². The highest BCUT2D eigenvalue weighted by molar-refractivity contribution is 5.56. The molecule has 0 spiro atoms. The summed E-state index contributed by atoms with van der Waals surface area (Å²) in [5.41, 5.74) is 3.20. The van der Waals surface area contributed by atoms with Crippen molar-refractivity contribution in [2.24, 2.45) is 0 Å². The smallest absolute Gasteiger partial charge is 0.152 e. The first-order chi connectivity index (χ1) is 11.3. The van der Waals surface area contributed by atoms with E-state index in [1.165, 1.54) is 5.56 Å². The van der Waals surface area contributed by atoms with Gasteiger partial charge in [0.25, 0.3) is 0 Å². The lowest BCUT2D eigenvalue weighted by molar-refractivity contribution is 0.340. The molecule has 2 N–H and O–H groups in total. The Morgan fingerprint density at radius 2 is 2.13 bits per heavy atom. The lowest BCUT2D eigenvalue weighted by Crippen LogP contribution is -2.12. The van der Waals surface area contributed by atoms with Crippen molar-refractivity contribution in [1.29, 1.82) is 0 Å². The standard InChI is InChI=1S/C18H21N3O2/c1-3-22-16-6-4-5-14(9-16)10-19-11-15-12-20-21-18(15)17-8-7-13(2)23-17/h4-9,12,19H,3,10-11H2,1-2H3,(H,20,21). The van der Waals surface area contributed by atoms with E-state index in [2.05, 4.69) is 27.6 Å². The Hall–Kier alpha value is -2.53. The van der Waals surface area contributed by atoms with Gasteiger partial charge in [-0.3, -0.25) is 5.10 Å². The van der Waals surface area contributed by atoms with Gasteiger partial charge in [0.2, 0.25) is 0 Å². The number of hydrogen-bond acceptors (Lipinski definition) is 4. The Labute approximate surface area is 135 Å². The number of nitrogens with one attached hydrogen (secondary N) is 2. The van der Waals surface area contributed by atoms with E-state index in [0.29, 0.717) is 13.2 Å². The molecule has 1 aromatic carbocycles. The quantitative estimate of drug-likeness (QED) is 0.699. The summed E-state index contributed by atoms with van der Waals surface area (Å²) in [6, 6.07) is 12.0. The predicted molar refractivity (Wildman–Crippen MR) is 89.2 cm³/mol. The van der Waals surface area contributed by atoms with Crippen LogP contribution in [0.1, 0.15) is 23.8 Å². The Morgan fingerprint density at radius 3 is 2.91 bits per heavy atom. The second-order valence-electron chi connectivity index (χ2n) is 5.36. The molecule has 3 aromatic rings. The van der Waals surface area contributed by atoms with Crippen LogP contribution in [0, 0.1) is 6.92 Å². The third-order valence-electron chi connectivity index (χ3n) is 3.56. The summed E-state index contributed by atoms with van der Waals surface area (Å²) in [6.07, 6.45) is 1.83. The van der Waals surface area contributed by atoms with Crippen LogP contribution in [0.5, 0.6) is 5.75 Å². The van der Waals surface area contributed by atoms with E-state index < -0.39 is 0 Å². The Bertz CT molecular complexity index is 761. The van der Waals surface area contributed by atoms with Crippen molar-refractivity contribution in [2.75, 3.05) is 6.61 Å². The van der Waals surface area contributed by atoms with Crippen LogP contribution in [-0.2, 0) is 13.1 Å². The molecule has 0 radical (unpaired) electrons. The molecular formula is C18H21N3O2. The molecule has 0 unspecified atom stereocenters. The van der Waals surface area contributed by atoms with Gasteiger partial charge in [0.1, 0.15) is 17.2 Å². The Kier molecular flexibility index (Phi) is 4.78. The minimum absolute atomic E-state index is 0.678. The van der Waals surface area contributed by atoms with Crippen LogP contribution >= 0.6 is 0 Å². The molecule has 3 rings (SSSR count). The highest BCUT2D eigenvalue weighted by Crippen LogP contribution is 2.23. The molecule has 2 heterocycles. The van der Waals surface area contributed by atoms with Crippen molar-refractivity contribution in [3.05, 3.63) is 59.5 Å². The van der Waals surface area contributed by atoms with Crippen LogP contribution in [0.15, 0.2) is 47.0 Å². The number of rotatable bonds is 7. The Balaban J connectivity index is 1.61. The van der Waals surface area contributed by atoms with Gasteiger partial charge in [-0.15, -0.1) is 0 Å². The topological polar surface area (TPSA) is 63.1 Å². The second kappa shape index (κ2) is 7.15. The zero-order chi connectivity index (χ0) is 16.1. The zero-order valence-corrected chi connectivity index (χ0v) is 13.4. The molecule has 0 atom stereocenters. The van der Waals surface area contributed by atoms with Gasteiger partial charge in [0.05, 0.1) is 12.8 Å². The van der Waals surface area contributed by atoms with Gasteiger partial charge >= 0.3 is 0 Å². The van der Waals surface area contributed by atoms with Crippen molar-refractivity contribution >= 4 is 0 Å². The van der Waals surface area contributed by atoms with Gasteiger partial charge in [-0.25, -0.2) is 0 Å². The highest BCUT2D eigenvalue weighted by Gasteiger charge is 2.10. The summed E-state index contributed by atoms with van der Waals surface area (Å²) in [7, 11) is 0. The summed E-state index contributed by atoms with van der Waals surface area (Å²) in [4.78, 5) is 0. The normalized spacial score (nSPS) is 10.9. The fourth-order valence-corrected chi connectivity index (χ4v) is 2.48. The van der Waals surface area contributed by atoms with Crippen LogP contribution in [0.3, 0.4) is 0 Å². The highest BCUT2D eigenvalue weighted by atomic mass is 16.5. The number of aryl methyl sites for hydroxylation is 1.